The summed E-state index contributed by atoms with van der Waals surface area (Å²) in [6.45, 7) is 0.677. The lowest BCUT2D eigenvalue weighted by Crippen LogP contribution is -2.23. The average Bonchev–Trinajstić information content (AvgIpc) is 3.12. The first-order valence-corrected chi connectivity index (χ1v) is 10.2. The van der Waals surface area contributed by atoms with E-state index in [1.807, 2.05) is 12.1 Å². The van der Waals surface area contributed by atoms with E-state index in [0.29, 0.717) is 52.1 Å². The van der Waals surface area contributed by atoms with Crippen molar-refractivity contribution < 1.29 is 22.7 Å². The molecule has 166 valence electrons. The van der Waals surface area contributed by atoms with Gasteiger partial charge in [-0.25, -0.2) is 4.98 Å². The second kappa shape index (κ2) is 7.88. The van der Waals surface area contributed by atoms with Gasteiger partial charge < -0.3 is 9.64 Å². The van der Waals surface area contributed by atoms with Gasteiger partial charge in [0.25, 0.3) is 5.91 Å². The zero-order valence-corrected chi connectivity index (χ0v) is 17.6. The van der Waals surface area contributed by atoms with Gasteiger partial charge in [0.05, 0.1) is 18.2 Å². The summed E-state index contributed by atoms with van der Waals surface area (Å²) in [5.41, 5.74) is 3.05. The molecule has 2 aromatic heterocycles. The van der Waals surface area contributed by atoms with Crippen LogP contribution in [0.4, 0.5) is 13.2 Å². The Labute approximate surface area is 187 Å². The molecule has 5 rings (SSSR count). The highest BCUT2D eigenvalue weighted by Crippen LogP contribution is 2.40. The van der Waals surface area contributed by atoms with E-state index in [-0.39, 0.29) is 5.91 Å². The molecule has 1 aliphatic heterocycles. The summed E-state index contributed by atoms with van der Waals surface area (Å²) in [4.78, 5) is 23.5. The predicted molar refractivity (Wildman–Crippen MR) is 117 cm³/mol. The number of halogens is 3. The number of amides is 1. The summed E-state index contributed by atoms with van der Waals surface area (Å²) in [7, 11) is 1.54. The Kier molecular flexibility index (Phi) is 5.00. The van der Waals surface area contributed by atoms with E-state index in [1.165, 1.54) is 12.1 Å². The fraction of sp³-hybridized carbons (Fsp3) is 0.160. The molecule has 0 N–H and O–H groups in total. The van der Waals surface area contributed by atoms with Crippen molar-refractivity contribution in [3.05, 3.63) is 89.4 Å². The Balaban J connectivity index is 1.66. The first-order chi connectivity index (χ1) is 15.8. The summed E-state index contributed by atoms with van der Waals surface area (Å²) in [6, 6.07) is 13.9. The minimum Gasteiger partial charge on any atom is -0.497 e. The maximum Gasteiger partial charge on any atom is 0.416 e. The summed E-state index contributed by atoms with van der Waals surface area (Å²) in [5, 5.41) is 0.714. The van der Waals surface area contributed by atoms with Crippen molar-refractivity contribution in [1.29, 1.82) is 0 Å². The van der Waals surface area contributed by atoms with Crippen molar-refractivity contribution in [3.63, 3.8) is 0 Å². The third kappa shape index (κ3) is 3.77. The van der Waals surface area contributed by atoms with Crippen molar-refractivity contribution in [2.24, 2.45) is 0 Å². The van der Waals surface area contributed by atoms with Crippen LogP contribution in [0.15, 0.2) is 67.0 Å². The SMILES string of the molecule is COc1ccc2nc3c(c(-c4ccc(C(F)(F)F)cc4)c2c1)CN(Cc1ccncc1)C3=O. The monoisotopic (exact) mass is 449 g/mol. The number of nitrogens with zero attached hydrogens (tertiary/aromatic N) is 3. The molecule has 1 aliphatic rings. The Morgan fingerprint density at radius 1 is 1.03 bits per heavy atom. The summed E-state index contributed by atoms with van der Waals surface area (Å²) < 4.78 is 44.7. The lowest BCUT2D eigenvalue weighted by Gasteiger charge is -2.16. The van der Waals surface area contributed by atoms with Gasteiger partial charge in [-0.05, 0) is 59.2 Å². The first-order valence-electron chi connectivity index (χ1n) is 10.2. The van der Waals surface area contributed by atoms with E-state index in [1.54, 1.807) is 42.6 Å². The Morgan fingerprint density at radius 2 is 1.76 bits per heavy atom. The minimum atomic E-state index is -4.43. The third-order valence-electron chi connectivity index (χ3n) is 5.76. The standard InChI is InChI=1S/C25H18F3N3O2/c1-33-18-6-7-21-19(12-18)22(16-2-4-17(5-3-16)25(26,27)28)20-14-31(24(32)23(20)30-21)13-15-8-10-29-11-9-15/h2-12H,13-14H2,1H3. The topological polar surface area (TPSA) is 55.3 Å². The highest BCUT2D eigenvalue weighted by Gasteiger charge is 2.34. The number of hydrogen-bond donors (Lipinski definition) is 0. The Morgan fingerprint density at radius 3 is 2.42 bits per heavy atom. The van der Waals surface area contributed by atoms with Crippen molar-refractivity contribution >= 4 is 16.8 Å². The van der Waals surface area contributed by atoms with Crippen LogP contribution in [0, 0.1) is 0 Å². The summed E-state index contributed by atoms with van der Waals surface area (Å²) in [5.74, 6) is 0.378. The van der Waals surface area contributed by atoms with Crippen molar-refractivity contribution in [3.8, 4) is 16.9 Å². The van der Waals surface area contributed by atoms with Gasteiger partial charge in [0, 0.05) is 36.4 Å². The number of ether oxygens (including phenoxy) is 1. The maximum atomic E-state index is 13.2. The summed E-state index contributed by atoms with van der Waals surface area (Å²) >= 11 is 0. The molecule has 0 aliphatic carbocycles. The highest BCUT2D eigenvalue weighted by atomic mass is 19.4. The smallest absolute Gasteiger partial charge is 0.416 e. The van der Waals surface area contributed by atoms with Gasteiger partial charge in [-0.15, -0.1) is 0 Å². The number of carbonyl (C=O) groups excluding carboxylic acids is 1. The molecule has 1 amide bonds. The number of pyridine rings is 2. The van der Waals surface area contributed by atoms with Crippen LogP contribution in [0.1, 0.15) is 27.2 Å². The van der Waals surface area contributed by atoms with Crippen LogP contribution in [0.3, 0.4) is 0 Å². The van der Waals surface area contributed by atoms with Gasteiger partial charge in [-0.1, -0.05) is 12.1 Å². The Hall–Kier alpha value is -3.94. The van der Waals surface area contributed by atoms with E-state index in [2.05, 4.69) is 9.97 Å². The molecule has 4 aromatic rings. The van der Waals surface area contributed by atoms with Crippen molar-refractivity contribution in [2.75, 3.05) is 7.11 Å². The molecular weight excluding hydrogens is 431 g/mol. The van der Waals surface area contributed by atoms with E-state index < -0.39 is 11.7 Å². The average molecular weight is 449 g/mol. The molecule has 0 spiro atoms. The normalized spacial score (nSPS) is 13.5. The number of alkyl halides is 3. The zero-order valence-electron chi connectivity index (χ0n) is 17.6. The fourth-order valence-electron chi connectivity index (χ4n) is 4.14. The molecule has 0 radical (unpaired) electrons. The number of benzene rings is 2. The number of aromatic nitrogens is 2. The Bertz CT molecular complexity index is 1350. The molecule has 0 saturated heterocycles. The van der Waals surface area contributed by atoms with Crippen molar-refractivity contribution in [2.45, 2.75) is 19.3 Å². The molecule has 0 fully saturated rings. The van der Waals surface area contributed by atoms with E-state index in [9.17, 15) is 18.0 Å². The van der Waals surface area contributed by atoms with Gasteiger partial charge in [0.15, 0.2) is 0 Å². The van der Waals surface area contributed by atoms with Crippen LogP contribution in [-0.4, -0.2) is 27.9 Å². The molecule has 0 unspecified atom stereocenters. The number of methoxy groups -OCH3 is 1. The molecule has 2 aromatic carbocycles. The van der Waals surface area contributed by atoms with Crippen LogP contribution in [0.25, 0.3) is 22.0 Å². The molecular formula is C25H18F3N3O2. The molecule has 0 saturated carbocycles. The van der Waals surface area contributed by atoms with Crippen LogP contribution in [-0.2, 0) is 19.3 Å². The van der Waals surface area contributed by atoms with Gasteiger partial charge in [-0.3, -0.25) is 9.78 Å². The third-order valence-corrected chi connectivity index (χ3v) is 5.76. The van der Waals surface area contributed by atoms with Crippen LogP contribution >= 0.6 is 0 Å². The molecule has 33 heavy (non-hydrogen) atoms. The van der Waals surface area contributed by atoms with Gasteiger partial charge in [0.1, 0.15) is 11.4 Å². The van der Waals surface area contributed by atoms with Crippen LogP contribution in [0.5, 0.6) is 5.75 Å². The van der Waals surface area contributed by atoms with Gasteiger partial charge in [0.2, 0.25) is 0 Å². The second-order valence-corrected chi connectivity index (χ2v) is 7.79. The van der Waals surface area contributed by atoms with E-state index in [4.69, 9.17) is 4.74 Å². The predicted octanol–water partition coefficient (Wildman–Crippen LogP) is 5.48. The molecule has 5 nitrogen and oxygen atoms in total. The molecule has 8 heteroatoms. The van der Waals surface area contributed by atoms with E-state index in [0.717, 1.165) is 17.7 Å². The largest absolute Gasteiger partial charge is 0.497 e. The molecule has 3 heterocycles. The van der Waals surface area contributed by atoms with Gasteiger partial charge >= 0.3 is 6.18 Å². The highest BCUT2D eigenvalue weighted by molar-refractivity contribution is 6.06. The molecule has 0 bridgehead atoms. The zero-order chi connectivity index (χ0) is 23.2. The van der Waals surface area contributed by atoms with Crippen LogP contribution < -0.4 is 4.74 Å². The van der Waals surface area contributed by atoms with Gasteiger partial charge in [-0.2, -0.15) is 13.2 Å². The van der Waals surface area contributed by atoms with E-state index >= 15 is 0 Å². The maximum absolute atomic E-state index is 13.2. The second-order valence-electron chi connectivity index (χ2n) is 7.79. The lowest BCUT2D eigenvalue weighted by atomic mass is 9.94. The van der Waals surface area contributed by atoms with Crippen LogP contribution in [0.2, 0.25) is 0 Å². The number of carbonyl (C=O) groups is 1. The van der Waals surface area contributed by atoms with Crippen molar-refractivity contribution in [1.82, 2.24) is 14.9 Å². The summed E-state index contributed by atoms with van der Waals surface area (Å²) in [6.07, 6.45) is -1.10. The molecule has 0 atom stereocenters. The first kappa shape index (κ1) is 20.9. The minimum absolute atomic E-state index is 0.215. The number of rotatable bonds is 4. The fourth-order valence-corrected chi connectivity index (χ4v) is 4.14. The number of hydrogen-bond acceptors (Lipinski definition) is 4. The quantitative estimate of drug-likeness (QED) is 0.414. The number of fused-ring (bicyclic) bond motifs is 2. The lowest BCUT2D eigenvalue weighted by molar-refractivity contribution is -0.137.